The molecule has 1 heterocycles. The summed E-state index contributed by atoms with van der Waals surface area (Å²) in [5, 5.41) is 4.50. The number of hydrogen-bond acceptors (Lipinski definition) is 3. The third-order valence-corrected chi connectivity index (χ3v) is 4.14. The van der Waals surface area contributed by atoms with E-state index in [0.29, 0.717) is 10.0 Å². The summed E-state index contributed by atoms with van der Waals surface area (Å²) < 4.78 is 0. The van der Waals surface area contributed by atoms with E-state index in [4.69, 9.17) is 23.2 Å². The number of rotatable bonds is 4. The molecule has 0 spiro atoms. The molecule has 0 bridgehead atoms. The molecule has 0 atom stereocenters. The molecule has 2 rings (SSSR count). The Hall–Kier alpha value is -0.900. The number of pyridine rings is 1. The van der Waals surface area contributed by atoms with E-state index in [1.54, 1.807) is 24.0 Å². The average Bonchev–Trinajstić information content (AvgIpc) is 2.40. The van der Waals surface area contributed by atoms with Crippen molar-refractivity contribution >= 4 is 40.7 Å². The van der Waals surface area contributed by atoms with Gasteiger partial charge in [0.05, 0.1) is 10.7 Å². The maximum Gasteiger partial charge on any atom is 0.0543 e. The fourth-order valence-corrected chi connectivity index (χ4v) is 2.85. The molecule has 1 N–H and O–H groups in total. The number of halogens is 2. The molecule has 0 aliphatic rings. The van der Waals surface area contributed by atoms with Crippen molar-refractivity contribution in [2.75, 3.05) is 12.4 Å². The Bertz CT molecular complexity index is 546. The van der Waals surface area contributed by atoms with Crippen molar-refractivity contribution in [3.05, 3.63) is 52.3 Å². The molecule has 0 aliphatic carbocycles. The van der Waals surface area contributed by atoms with Crippen LogP contribution in [0.25, 0.3) is 0 Å². The van der Waals surface area contributed by atoms with Gasteiger partial charge < -0.3 is 5.32 Å². The second-order valence-corrected chi connectivity index (χ2v) is 5.51. The van der Waals surface area contributed by atoms with Crippen LogP contribution < -0.4 is 5.32 Å². The quantitative estimate of drug-likeness (QED) is 0.827. The number of aromatic nitrogens is 1. The Labute approximate surface area is 121 Å². The lowest BCUT2D eigenvalue weighted by molar-refractivity contribution is 1.17. The van der Waals surface area contributed by atoms with E-state index in [2.05, 4.69) is 10.3 Å². The van der Waals surface area contributed by atoms with Crippen LogP contribution in [0.15, 0.2) is 41.4 Å². The van der Waals surface area contributed by atoms with Crippen LogP contribution in [0, 0.1) is 0 Å². The van der Waals surface area contributed by atoms with Gasteiger partial charge in [0.25, 0.3) is 0 Å². The smallest absolute Gasteiger partial charge is 0.0543 e. The van der Waals surface area contributed by atoms with Gasteiger partial charge in [-0.2, -0.15) is 0 Å². The van der Waals surface area contributed by atoms with E-state index in [1.807, 2.05) is 31.3 Å². The predicted octanol–water partition coefficient (Wildman–Crippen LogP) is 4.72. The first-order chi connectivity index (χ1) is 8.69. The SMILES string of the molecule is CNc1ccnc(CSc2cc(Cl)ccc2Cl)c1. The fourth-order valence-electron chi connectivity index (χ4n) is 1.45. The molecule has 0 unspecified atom stereocenters. The highest BCUT2D eigenvalue weighted by atomic mass is 35.5. The highest BCUT2D eigenvalue weighted by Crippen LogP contribution is 2.31. The molecular weight excluding hydrogens is 287 g/mol. The lowest BCUT2D eigenvalue weighted by Gasteiger charge is -2.06. The first kappa shape index (κ1) is 13.5. The lowest BCUT2D eigenvalue weighted by Crippen LogP contribution is -1.92. The van der Waals surface area contributed by atoms with Gasteiger partial charge in [0.1, 0.15) is 0 Å². The Kier molecular flexibility index (Phi) is 4.75. The van der Waals surface area contributed by atoms with Gasteiger partial charge in [-0.15, -0.1) is 11.8 Å². The first-order valence-corrected chi connectivity index (χ1v) is 7.14. The van der Waals surface area contributed by atoms with Crippen molar-refractivity contribution in [2.24, 2.45) is 0 Å². The Morgan fingerprint density at radius 3 is 2.83 bits per heavy atom. The van der Waals surface area contributed by atoms with Crippen LogP contribution >= 0.6 is 35.0 Å². The number of anilines is 1. The van der Waals surface area contributed by atoms with Gasteiger partial charge >= 0.3 is 0 Å². The molecule has 18 heavy (non-hydrogen) atoms. The Morgan fingerprint density at radius 2 is 2.06 bits per heavy atom. The standard InChI is InChI=1S/C13H12Cl2N2S/c1-16-10-4-5-17-11(7-10)8-18-13-6-9(14)2-3-12(13)15/h2-7H,8H2,1H3,(H,16,17). The number of hydrogen-bond donors (Lipinski definition) is 1. The van der Waals surface area contributed by atoms with Crippen LogP contribution in [0.4, 0.5) is 5.69 Å². The van der Waals surface area contributed by atoms with Crippen molar-refractivity contribution in [1.82, 2.24) is 4.98 Å². The topological polar surface area (TPSA) is 24.9 Å². The van der Waals surface area contributed by atoms with E-state index in [-0.39, 0.29) is 0 Å². The van der Waals surface area contributed by atoms with Gasteiger partial charge in [0.15, 0.2) is 0 Å². The molecule has 2 nitrogen and oxygen atoms in total. The summed E-state index contributed by atoms with van der Waals surface area (Å²) in [6.07, 6.45) is 1.79. The van der Waals surface area contributed by atoms with Gasteiger partial charge in [-0.1, -0.05) is 23.2 Å². The van der Waals surface area contributed by atoms with Gasteiger partial charge in [0.2, 0.25) is 0 Å². The minimum Gasteiger partial charge on any atom is -0.388 e. The van der Waals surface area contributed by atoms with E-state index >= 15 is 0 Å². The summed E-state index contributed by atoms with van der Waals surface area (Å²) in [6.45, 7) is 0. The molecule has 94 valence electrons. The largest absolute Gasteiger partial charge is 0.388 e. The molecule has 1 aromatic heterocycles. The summed E-state index contributed by atoms with van der Waals surface area (Å²) in [6, 6.07) is 9.42. The van der Waals surface area contributed by atoms with Crippen LogP contribution in [0.5, 0.6) is 0 Å². The van der Waals surface area contributed by atoms with Crippen molar-refractivity contribution < 1.29 is 0 Å². The molecular formula is C13H12Cl2N2S. The van der Waals surface area contributed by atoms with Gasteiger partial charge in [0, 0.05) is 34.6 Å². The van der Waals surface area contributed by atoms with E-state index in [9.17, 15) is 0 Å². The zero-order chi connectivity index (χ0) is 13.0. The zero-order valence-corrected chi connectivity index (χ0v) is 12.1. The third-order valence-electron chi connectivity index (χ3n) is 2.37. The average molecular weight is 299 g/mol. The van der Waals surface area contributed by atoms with Crippen LogP contribution in [0.3, 0.4) is 0 Å². The number of benzene rings is 1. The van der Waals surface area contributed by atoms with Crippen LogP contribution in [-0.2, 0) is 5.75 Å². The van der Waals surface area contributed by atoms with E-state index in [0.717, 1.165) is 22.0 Å². The maximum atomic E-state index is 6.11. The number of nitrogens with zero attached hydrogens (tertiary/aromatic N) is 1. The first-order valence-electron chi connectivity index (χ1n) is 5.39. The lowest BCUT2D eigenvalue weighted by atomic mass is 10.3. The molecule has 0 radical (unpaired) electrons. The second kappa shape index (κ2) is 6.32. The molecule has 0 fully saturated rings. The van der Waals surface area contributed by atoms with Crippen molar-refractivity contribution in [2.45, 2.75) is 10.6 Å². The monoisotopic (exact) mass is 298 g/mol. The second-order valence-electron chi connectivity index (χ2n) is 3.65. The highest BCUT2D eigenvalue weighted by molar-refractivity contribution is 7.98. The fraction of sp³-hybridized carbons (Fsp3) is 0.154. The van der Waals surface area contributed by atoms with E-state index < -0.39 is 0 Å². The summed E-state index contributed by atoms with van der Waals surface area (Å²) in [4.78, 5) is 5.29. The maximum absolute atomic E-state index is 6.11. The summed E-state index contributed by atoms with van der Waals surface area (Å²) in [5.74, 6) is 0.760. The Morgan fingerprint density at radius 1 is 1.22 bits per heavy atom. The molecule has 0 saturated heterocycles. The molecule has 1 aromatic carbocycles. The summed E-state index contributed by atoms with van der Waals surface area (Å²) in [5.41, 5.74) is 2.06. The number of nitrogens with one attached hydrogen (secondary N) is 1. The minimum atomic E-state index is 0.693. The molecule has 5 heteroatoms. The van der Waals surface area contributed by atoms with Crippen molar-refractivity contribution in [1.29, 1.82) is 0 Å². The van der Waals surface area contributed by atoms with Crippen LogP contribution in [-0.4, -0.2) is 12.0 Å². The minimum absolute atomic E-state index is 0.693. The third kappa shape index (κ3) is 3.55. The van der Waals surface area contributed by atoms with Crippen LogP contribution in [0.2, 0.25) is 10.0 Å². The van der Waals surface area contributed by atoms with Gasteiger partial charge in [-0.05, 0) is 30.3 Å². The Balaban J connectivity index is 2.08. The van der Waals surface area contributed by atoms with Gasteiger partial charge in [-0.3, -0.25) is 4.98 Å². The predicted molar refractivity (Wildman–Crippen MR) is 79.8 cm³/mol. The molecule has 0 amide bonds. The zero-order valence-electron chi connectivity index (χ0n) is 9.78. The normalized spacial score (nSPS) is 10.4. The molecule has 2 aromatic rings. The van der Waals surface area contributed by atoms with Crippen molar-refractivity contribution in [3.63, 3.8) is 0 Å². The van der Waals surface area contributed by atoms with E-state index in [1.165, 1.54) is 0 Å². The van der Waals surface area contributed by atoms with Crippen LogP contribution in [0.1, 0.15) is 5.69 Å². The van der Waals surface area contributed by atoms with Crippen molar-refractivity contribution in [3.8, 4) is 0 Å². The molecule has 0 saturated carbocycles. The van der Waals surface area contributed by atoms with Gasteiger partial charge in [-0.25, -0.2) is 0 Å². The summed E-state index contributed by atoms with van der Waals surface area (Å²) in [7, 11) is 1.89. The molecule has 0 aliphatic heterocycles. The highest BCUT2D eigenvalue weighted by Gasteiger charge is 2.04. The summed E-state index contributed by atoms with van der Waals surface area (Å²) >= 11 is 13.7. The number of thioether (sulfide) groups is 1.